The molecule has 0 radical (unpaired) electrons. The molecule has 82 valence electrons. The molecule has 1 N–H and O–H groups in total. The summed E-state index contributed by atoms with van der Waals surface area (Å²) in [6.07, 6.45) is 3.93. The maximum absolute atomic E-state index is 3.69. The zero-order valence-electron chi connectivity index (χ0n) is 9.44. The Hall–Kier alpha value is -0.340. The highest BCUT2D eigenvalue weighted by atomic mass is 79.9. The van der Waals surface area contributed by atoms with Gasteiger partial charge < -0.3 is 5.32 Å². The summed E-state index contributed by atoms with van der Waals surface area (Å²) in [6.45, 7) is 5.52. The Morgan fingerprint density at radius 1 is 1.27 bits per heavy atom. The number of nitrogens with one attached hydrogen (secondary N) is 1. The molecule has 0 aliphatic carbocycles. The Labute approximate surface area is 100 Å². The average molecular weight is 268 g/mol. The molecule has 1 fully saturated rings. The minimum atomic E-state index is 0.550. The highest BCUT2D eigenvalue weighted by molar-refractivity contribution is 9.10. The molecule has 1 aliphatic heterocycles. The molecule has 1 atom stereocenters. The van der Waals surface area contributed by atoms with E-state index in [4.69, 9.17) is 0 Å². The fourth-order valence-corrected chi connectivity index (χ4v) is 3.42. The first-order valence-electron chi connectivity index (χ1n) is 5.68. The van der Waals surface area contributed by atoms with Crippen molar-refractivity contribution in [2.45, 2.75) is 39.2 Å². The Morgan fingerprint density at radius 2 is 2.07 bits per heavy atom. The second-order valence-corrected chi connectivity index (χ2v) is 5.33. The lowest BCUT2D eigenvalue weighted by atomic mass is 9.93. The molecule has 2 heteroatoms. The van der Waals surface area contributed by atoms with Crippen LogP contribution in [0, 0.1) is 13.8 Å². The van der Waals surface area contributed by atoms with E-state index in [2.05, 4.69) is 47.2 Å². The summed E-state index contributed by atoms with van der Waals surface area (Å²) in [5, 5.41) is 3.61. The molecule has 1 unspecified atom stereocenters. The molecule has 0 spiro atoms. The standard InChI is InChI=1S/C13H18BrN/c1-9-7-10(2)13(11(14)8-9)12-5-3-4-6-15-12/h7-8,12,15H,3-6H2,1-2H3. The molecule has 2 rings (SSSR count). The van der Waals surface area contributed by atoms with E-state index in [9.17, 15) is 0 Å². The quantitative estimate of drug-likeness (QED) is 0.815. The smallest absolute Gasteiger partial charge is 0.0334 e. The fraction of sp³-hybridized carbons (Fsp3) is 0.538. The van der Waals surface area contributed by atoms with E-state index in [0.717, 1.165) is 6.54 Å². The summed E-state index contributed by atoms with van der Waals surface area (Å²) in [5.41, 5.74) is 4.19. The van der Waals surface area contributed by atoms with Crippen LogP contribution in [0.15, 0.2) is 16.6 Å². The molecular weight excluding hydrogens is 250 g/mol. The van der Waals surface area contributed by atoms with Crippen LogP contribution < -0.4 is 5.32 Å². The van der Waals surface area contributed by atoms with E-state index in [0.29, 0.717) is 6.04 Å². The predicted molar refractivity (Wildman–Crippen MR) is 68.2 cm³/mol. The normalized spacial score (nSPS) is 21.7. The summed E-state index contributed by atoms with van der Waals surface area (Å²) in [7, 11) is 0. The first-order valence-corrected chi connectivity index (χ1v) is 6.48. The van der Waals surface area contributed by atoms with Crippen LogP contribution in [-0.4, -0.2) is 6.54 Å². The van der Waals surface area contributed by atoms with Crippen molar-refractivity contribution in [3.05, 3.63) is 33.3 Å². The van der Waals surface area contributed by atoms with Gasteiger partial charge in [0.1, 0.15) is 0 Å². The van der Waals surface area contributed by atoms with Crippen molar-refractivity contribution in [3.8, 4) is 0 Å². The lowest BCUT2D eigenvalue weighted by Crippen LogP contribution is -2.27. The van der Waals surface area contributed by atoms with Gasteiger partial charge in [0.05, 0.1) is 0 Å². The van der Waals surface area contributed by atoms with Crippen molar-refractivity contribution in [2.24, 2.45) is 0 Å². The third-order valence-corrected chi connectivity index (χ3v) is 3.80. The molecule has 0 saturated carbocycles. The van der Waals surface area contributed by atoms with Gasteiger partial charge in [-0.1, -0.05) is 28.4 Å². The molecule has 1 aliphatic rings. The second kappa shape index (κ2) is 4.67. The summed E-state index contributed by atoms with van der Waals surface area (Å²) < 4.78 is 1.26. The van der Waals surface area contributed by atoms with Gasteiger partial charge in [0.2, 0.25) is 0 Å². The lowest BCUT2D eigenvalue weighted by molar-refractivity contribution is 0.410. The van der Waals surface area contributed by atoms with E-state index >= 15 is 0 Å². The number of halogens is 1. The first kappa shape index (κ1) is 11.2. The van der Waals surface area contributed by atoms with Gasteiger partial charge in [0.25, 0.3) is 0 Å². The second-order valence-electron chi connectivity index (χ2n) is 4.48. The Bertz CT molecular complexity index is 331. The monoisotopic (exact) mass is 267 g/mol. The van der Waals surface area contributed by atoms with Crippen molar-refractivity contribution in [3.63, 3.8) is 0 Å². The molecular formula is C13H18BrN. The Balaban J connectivity index is 2.33. The van der Waals surface area contributed by atoms with Crippen molar-refractivity contribution in [1.82, 2.24) is 5.32 Å². The maximum atomic E-state index is 3.69. The molecule has 15 heavy (non-hydrogen) atoms. The molecule has 0 amide bonds. The van der Waals surface area contributed by atoms with Crippen LogP contribution >= 0.6 is 15.9 Å². The van der Waals surface area contributed by atoms with Crippen LogP contribution in [0.4, 0.5) is 0 Å². The zero-order chi connectivity index (χ0) is 10.8. The third kappa shape index (κ3) is 2.43. The van der Waals surface area contributed by atoms with Crippen LogP contribution in [0.2, 0.25) is 0 Å². The number of hydrogen-bond acceptors (Lipinski definition) is 1. The largest absolute Gasteiger partial charge is 0.310 e. The summed E-state index contributed by atoms with van der Waals surface area (Å²) >= 11 is 3.69. The fourth-order valence-electron chi connectivity index (χ4n) is 2.47. The van der Waals surface area contributed by atoms with E-state index in [-0.39, 0.29) is 0 Å². The van der Waals surface area contributed by atoms with Crippen LogP contribution in [0.25, 0.3) is 0 Å². The number of benzene rings is 1. The zero-order valence-corrected chi connectivity index (χ0v) is 11.0. The molecule has 1 aromatic rings. The SMILES string of the molecule is Cc1cc(C)c(C2CCCCN2)c(Br)c1. The van der Waals surface area contributed by atoms with E-state index in [1.54, 1.807) is 0 Å². The number of aryl methyl sites for hydroxylation is 2. The van der Waals surface area contributed by atoms with Crippen LogP contribution in [0.5, 0.6) is 0 Å². The predicted octanol–water partition coefficient (Wildman–Crippen LogP) is 3.88. The van der Waals surface area contributed by atoms with Crippen LogP contribution in [0.1, 0.15) is 42.0 Å². The van der Waals surface area contributed by atoms with Gasteiger partial charge in [-0.15, -0.1) is 0 Å². The molecule has 1 saturated heterocycles. The first-order chi connectivity index (χ1) is 7.18. The number of hydrogen-bond donors (Lipinski definition) is 1. The van der Waals surface area contributed by atoms with E-state index in [1.165, 1.54) is 40.4 Å². The topological polar surface area (TPSA) is 12.0 Å². The van der Waals surface area contributed by atoms with E-state index in [1.807, 2.05) is 0 Å². The minimum Gasteiger partial charge on any atom is -0.310 e. The van der Waals surface area contributed by atoms with Crippen molar-refractivity contribution < 1.29 is 0 Å². The van der Waals surface area contributed by atoms with Crippen LogP contribution in [0.3, 0.4) is 0 Å². The lowest BCUT2D eigenvalue weighted by Gasteiger charge is -2.26. The minimum absolute atomic E-state index is 0.550. The highest BCUT2D eigenvalue weighted by Gasteiger charge is 2.18. The average Bonchev–Trinajstić information content (AvgIpc) is 2.17. The molecule has 1 heterocycles. The molecule has 1 nitrogen and oxygen atoms in total. The van der Waals surface area contributed by atoms with Gasteiger partial charge in [-0.2, -0.15) is 0 Å². The van der Waals surface area contributed by atoms with Crippen molar-refractivity contribution in [2.75, 3.05) is 6.54 Å². The van der Waals surface area contributed by atoms with Gasteiger partial charge in [-0.3, -0.25) is 0 Å². The van der Waals surface area contributed by atoms with Gasteiger partial charge in [-0.05, 0) is 56.0 Å². The maximum Gasteiger partial charge on any atom is 0.0334 e. The van der Waals surface area contributed by atoms with Crippen molar-refractivity contribution >= 4 is 15.9 Å². The molecule has 0 bridgehead atoms. The van der Waals surface area contributed by atoms with Gasteiger partial charge in [0, 0.05) is 10.5 Å². The van der Waals surface area contributed by atoms with Gasteiger partial charge in [0.15, 0.2) is 0 Å². The summed E-state index contributed by atoms with van der Waals surface area (Å²) in [5.74, 6) is 0. The summed E-state index contributed by atoms with van der Waals surface area (Å²) in [6, 6.07) is 5.04. The third-order valence-electron chi connectivity index (χ3n) is 3.14. The van der Waals surface area contributed by atoms with Crippen molar-refractivity contribution in [1.29, 1.82) is 0 Å². The number of piperidine rings is 1. The number of rotatable bonds is 1. The van der Waals surface area contributed by atoms with Gasteiger partial charge in [-0.25, -0.2) is 0 Å². The van der Waals surface area contributed by atoms with E-state index < -0.39 is 0 Å². The molecule has 0 aromatic heterocycles. The summed E-state index contributed by atoms with van der Waals surface area (Å²) in [4.78, 5) is 0. The Morgan fingerprint density at radius 3 is 2.67 bits per heavy atom. The Kier molecular flexibility index (Phi) is 3.47. The molecule has 1 aromatic carbocycles. The highest BCUT2D eigenvalue weighted by Crippen LogP contribution is 2.32. The van der Waals surface area contributed by atoms with Crippen LogP contribution in [-0.2, 0) is 0 Å². The van der Waals surface area contributed by atoms with Gasteiger partial charge >= 0.3 is 0 Å².